The molecule has 2 aromatic carbocycles. The lowest BCUT2D eigenvalue weighted by Gasteiger charge is -2.09. The molecule has 0 unspecified atom stereocenters. The third-order valence-electron chi connectivity index (χ3n) is 5.10. The molecule has 0 amide bonds. The van der Waals surface area contributed by atoms with Crippen LogP contribution in [-0.4, -0.2) is 43.9 Å². The minimum atomic E-state index is -4.29. The van der Waals surface area contributed by atoms with Crippen molar-refractivity contribution in [2.75, 3.05) is 19.8 Å². The van der Waals surface area contributed by atoms with Crippen molar-refractivity contribution in [3.63, 3.8) is 0 Å². The normalized spacial score (nSPS) is 11.0. The minimum absolute atomic E-state index is 0.222. The number of halogens is 3. The van der Waals surface area contributed by atoms with Gasteiger partial charge >= 0.3 is 24.1 Å². The molecule has 0 saturated heterocycles. The fourth-order valence-corrected chi connectivity index (χ4v) is 3.14. The Labute approximate surface area is 213 Å². The first-order chi connectivity index (χ1) is 17.6. The van der Waals surface area contributed by atoms with E-state index in [-0.39, 0.29) is 29.7 Å². The average molecular weight is 525 g/mol. The minimum Gasteiger partial charge on any atom is -0.493 e. The number of benzene rings is 2. The Morgan fingerprint density at radius 3 is 1.95 bits per heavy atom. The number of aryl methyl sites for hydroxylation is 1. The third-order valence-corrected chi connectivity index (χ3v) is 5.10. The van der Waals surface area contributed by atoms with Crippen molar-refractivity contribution in [2.24, 2.45) is 0 Å². The number of carbonyl (C=O) groups is 3. The molecule has 0 aliphatic heterocycles. The Morgan fingerprint density at radius 1 is 0.757 bits per heavy atom. The van der Waals surface area contributed by atoms with Crippen molar-refractivity contribution in [1.29, 1.82) is 0 Å². The second-order valence-corrected chi connectivity index (χ2v) is 8.25. The van der Waals surface area contributed by atoms with Crippen molar-refractivity contribution in [1.82, 2.24) is 0 Å². The predicted molar refractivity (Wildman–Crippen MR) is 128 cm³/mol. The Bertz CT molecular complexity index is 987. The molecule has 0 aromatic heterocycles. The van der Waals surface area contributed by atoms with E-state index < -0.39 is 25.2 Å². The first-order valence-electron chi connectivity index (χ1n) is 12.0. The molecule has 2 aromatic rings. The van der Waals surface area contributed by atoms with Crippen LogP contribution >= 0.6 is 0 Å². The van der Waals surface area contributed by atoms with Gasteiger partial charge in [0.1, 0.15) is 11.5 Å². The molecule has 0 radical (unpaired) electrons. The molecule has 0 atom stereocenters. The van der Waals surface area contributed by atoms with Gasteiger partial charge in [-0.25, -0.2) is 4.79 Å². The third kappa shape index (κ3) is 13.4. The van der Waals surface area contributed by atoms with Gasteiger partial charge in [-0.15, -0.1) is 0 Å². The summed E-state index contributed by atoms with van der Waals surface area (Å²) < 4.78 is 57.0. The van der Waals surface area contributed by atoms with E-state index in [2.05, 4.69) is 0 Å². The van der Waals surface area contributed by atoms with E-state index in [0.29, 0.717) is 25.4 Å². The number of hydrogen-bond acceptors (Lipinski definition) is 7. The molecule has 0 heterocycles. The SMILES string of the molecule is CC(=O)OCCCCCCOC(=O)CCc1ccc(OC(=O)c2ccc(OCCC(F)(F)F)cc2)cc1. The Kier molecular flexibility index (Phi) is 12.5. The Hall–Kier alpha value is -3.56. The van der Waals surface area contributed by atoms with Crippen molar-refractivity contribution in [3.05, 3.63) is 59.7 Å². The highest BCUT2D eigenvalue weighted by Gasteiger charge is 2.26. The van der Waals surface area contributed by atoms with Gasteiger partial charge in [0.15, 0.2) is 0 Å². The average Bonchev–Trinajstić information content (AvgIpc) is 2.84. The highest BCUT2D eigenvalue weighted by atomic mass is 19.4. The molecule has 202 valence electrons. The number of hydrogen-bond donors (Lipinski definition) is 0. The molecule has 0 N–H and O–H groups in total. The molecule has 0 aliphatic rings. The summed E-state index contributed by atoms with van der Waals surface area (Å²) in [5.74, 6) is -0.659. The monoisotopic (exact) mass is 524 g/mol. The summed E-state index contributed by atoms with van der Waals surface area (Å²) in [6.07, 6.45) is -1.34. The molecule has 0 saturated carbocycles. The van der Waals surface area contributed by atoms with Crippen molar-refractivity contribution in [3.8, 4) is 11.5 Å². The van der Waals surface area contributed by atoms with Gasteiger partial charge in [0, 0.05) is 13.3 Å². The molecular formula is C27H31F3O7. The summed E-state index contributed by atoms with van der Waals surface area (Å²) in [4.78, 5) is 34.9. The summed E-state index contributed by atoms with van der Waals surface area (Å²) in [5.41, 5.74) is 1.10. The van der Waals surface area contributed by atoms with E-state index in [1.165, 1.54) is 31.2 Å². The van der Waals surface area contributed by atoms with Gasteiger partial charge < -0.3 is 18.9 Å². The van der Waals surface area contributed by atoms with Crippen LogP contribution in [0.25, 0.3) is 0 Å². The van der Waals surface area contributed by atoms with Crippen molar-refractivity contribution < 1.29 is 46.5 Å². The van der Waals surface area contributed by atoms with E-state index in [0.717, 1.165) is 31.2 Å². The van der Waals surface area contributed by atoms with Crippen LogP contribution in [0.15, 0.2) is 48.5 Å². The lowest BCUT2D eigenvalue weighted by Crippen LogP contribution is -2.13. The highest BCUT2D eigenvalue weighted by Crippen LogP contribution is 2.21. The molecule has 2 rings (SSSR count). The maximum absolute atomic E-state index is 12.3. The van der Waals surface area contributed by atoms with Crippen LogP contribution in [0.1, 0.15) is 61.4 Å². The summed E-state index contributed by atoms with van der Waals surface area (Å²) >= 11 is 0. The van der Waals surface area contributed by atoms with Gasteiger partial charge in [-0.3, -0.25) is 9.59 Å². The topological polar surface area (TPSA) is 88.1 Å². The van der Waals surface area contributed by atoms with Crippen LogP contribution < -0.4 is 9.47 Å². The quantitative estimate of drug-likeness (QED) is 0.164. The van der Waals surface area contributed by atoms with Gasteiger partial charge in [-0.05, 0) is 74.1 Å². The van der Waals surface area contributed by atoms with Crippen molar-refractivity contribution in [2.45, 2.75) is 58.0 Å². The van der Waals surface area contributed by atoms with Gasteiger partial charge in [0.25, 0.3) is 0 Å². The molecule has 10 heteroatoms. The van der Waals surface area contributed by atoms with Crippen molar-refractivity contribution >= 4 is 17.9 Å². The van der Waals surface area contributed by atoms with Crippen LogP contribution in [0.4, 0.5) is 13.2 Å². The molecule has 37 heavy (non-hydrogen) atoms. The smallest absolute Gasteiger partial charge is 0.392 e. The lowest BCUT2D eigenvalue weighted by molar-refractivity contribution is -0.144. The van der Waals surface area contributed by atoms with Crippen LogP contribution in [0.2, 0.25) is 0 Å². The zero-order valence-electron chi connectivity index (χ0n) is 20.7. The number of carbonyl (C=O) groups excluding carboxylic acids is 3. The second kappa shape index (κ2) is 15.5. The molecule has 0 spiro atoms. The molecule has 0 aliphatic carbocycles. The second-order valence-electron chi connectivity index (χ2n) is 8.25. The summed E-state index contributed by atoms with van der Waals surface area (Å²) in [6, 6.07) is 12.4. The van der Waals surface area contributed by atoms with E-state index in [4.69, 9.17) is 18.9 Å². The number of unbranched alkanes of at least 4 members (excludes halogenated alkanes) is 3. The van der Waals surface area contributed by atoms with E-state index in [1.54, 1.807) is 24.3 Å². The molecular weight excluding hydrogens is 493 g/mol. The maximum atomic E-state index is 12.3. The van der Waals surface area contributed by atoms with E-state index in [9.17, 15) is 27.6 Å². The van der Waals surface area contributed by atoms with E-state index >= 15 is 0 Å². The van der Waals surface area contributed by atoms with Gasteiger partial charge in [0.2, 0.25) is 0 Å². The largest absolute Gasteiger partial charge is 0.493 e. The first kappa shape index (κ1) is 29.7. The Morgan fingerprint density at radius 2 is 1.35 bits per heavy atom. The predicted octanol–water partition coefficient (Wildman–Crippen LogP) is 5.84. The standard InChI is InChI=1S/C27H31F3O7/c1-20(31)34-17-4-2-3-5-18-36-25(32)15-8-21-6-11-24(12-7-21)37-26(33)22-9-13-23(14-10-22)35-19-16-27(28,29)30/h6-7,9-14H,2-5,8,15-19H2,1H3. The molecule has 7 nitrogen and oxygen atoms in total. The number of rotatable bonds is 15. The molecule has 0 fully saturated rings. The number of alkyl halides is 3. The Balaban J connectivity index is 1.64. The summed E-state index contributed by atoms with van der Waals surface area (Å²) in [5, 5.41) is 0. The fraction of sp³-hybridized carbons (Fsp3) is 0.444. The van der Waals surface area contributed by atoms with Gasteiger partial charge in [-0.1, -0.05) is 12.1 Å². The van der Waals surface area contributed by atoms with Gasteiger partial charge in [0.05, 0.1) is 31.8 Å². The summed E-state index contributed by atoms with van der Waals surface area (Å²) in [6.45, 7) is 1.63. The fourth-order valence-electron chi connectivity index (χ4n) is 3.14. The van der Waals surface area contributed by atoms with Gasteiger partial charge in [-0.2, -0.15) is 13.2 Å². The van der Waals surface area contributed by atoms with Crippen LogP contribution in [-0.2, 0) is 25.5 Å². The number of esters is 3. The highest BCUT2D eigenvalue weighted by molar-refractivity contribution is 5.91. The van der Waals surface area contributed by atoms with Crippen LogP contribution in [0.5, 0.6) is 11.5 Å². The zero-order chi connectivity index (χ0) is 27.1. The first-order valence-corrected chi connectivity index (χ1v) is 12.0. The van der Waals surface area contributed by atoms with Crippen LogP contribution in [0, 0.1) is 0 Å². The van der Waals surface area contributed by atoms with E-state index in [1.807, 2.05) is 0 Å². The number of ether oxygens (including phenoxy) is 4. The van der Waals surface area contributed by atoms with Crippen LogP contribution in [0.3, 0.4) is 0 Å². The summed E-state index contributed by atoms with van der Waals surface area (Å²) in [7, 11) is 0. The zero-order valence-corrected chi connectivity index (χ0v) is 20.7. The lowest BCUT2D eigenvalue weighted by atomic mass is 10.1. The maximum Gasteiger partial charge on any atom is 0.392 e. The molecule has 0 bridgehead atoms.